The van der Waals surface area contributed by atoms with Crippen molar-refractivity contribution in [2.45, 2.75) is 10.3 Å². The molecule has 4 rings (SSSR count). The highest BCUT2D eigenvalue weighted by atomic mass is 35.5. The minimum absolute atomic E-state index is 0.124. The van der Waals surface area contributed by atoms with Crippen LogP contribution < -0.4 is 10.6 Å². The monoisotopic (exact) mass is 544 g/mol. The summed E-state index contributed by atoms with van der Waals surface area (Å²) in [7, 11) is 0. The zero-order valence-corrected chi connectivity index (χ0v) is 20.3. The molecule has 0 heterocycles. The van der Waals surface area contributed by atoms with Crippen LogP contribution in [0.5, 0.6) is 0 Å². The summed E-state index contributed by atoms with van der Waals surface area (Å²) in [5.74, 6) is -2.60. The van der Waals surface area contributed by atoms with Crippen molar-refractivity contribution in [1.29, 1.82) is 0 Å². The molecule has 3 aromatic rings. The third-order valence-electron chi connectivity index (χ3n) is 5.22. The largest absolute Gasteiger partial charge is 0.326 e. The second kappa shape index (κ2) is 9.32. The van der Waals surface area contributed by atoms with Gasteiger partial charge in [0.25, 0.3) is 5.91 Å². The van der Waals surface area contributed by atoms with Gasteiger partial charge in [0.05, 0.1) is 26.5 Å². The summed E-state index contributed by atoms with van der Waals surface area (Å²) in [5.41, 5.74) is 1.53. The average molecular weight is 547 g/mol. The molecule has 0 aromatic heterocycles. The number of carbonyl (C=O) groups is 2. The maximum absolute atomic E-state index is 13.1. The molecule has 0 bridgehead atoms. The predicted molar refractivity (Wildman–Crippen MR) is 132 cm³/mol. The summed E-state index contributed by atoms with van der Waals surface area (Å²) in [6, 6.07) is 14.7. The number of hydrogen-bond acceptors (Lipinski definition) is 2. The first-order chi connectivity index (χ1) is 15.6. The van der Waals surface area contributed by atoms with Gasteiger partial charge in [0.1, 0.15) is 10.2 Å². The van der Waals surface area contributed by atoms with Crippen LogP contribution in [0.4, 0.5) is 15.8 Å². The molecule has 4 nitrogen and oxygen atoms in total. The highest BCUT2D eigenvalue weighted by molar-refractivity contribution is 6.53. The average Bonchev–Trinajstić information content (AvgIpc) is 3.35. The molecule has 2 atom stereocenters. The molecule has 2 amide bonds. The summed E-state index contributed by atoms with van der Waals surface area (Å²) in [4.78, 5) is 25.5. The second-order valence-corrected chi connectivity index (χ2v) is 10.1. The van der Waals surface area contributed by atoms with Gasteiger partial charge < -0.3 is 10.6 Å². The Bertz CT molecular complexity index is 1250. The topological polar surface area (TPSA) is 58.2 Å². The van der Waals surface area contributed by atoms with Crippen molar-refractivity contribution < 1.29 is 14.0 Å². The van der Waals surface area contributed by atoms with Crippen LogP contribution in [-0.2, 0) is 4.79 Å². The third-order valence-corrected chi connectivity index (χ3v) is 7.23. The zero-order chi connectivity index (χ0) is 23.9. The van der Waals surface area contributed by atoms with E-state index >= 15 is 0 Å². The molecule has 10 heteroatoms. The first kappa shape index (κ1) is 24.1. The van der Waals surface area contributed by atoms with Crippen molar-refractivity contribution in [1.82, 2.24) is 0 Å². The number of rotatable bonds is 5. The summed E-state index contributed by atoms with van der Waals surface area (Å²) in [5, 5.41) is 6.24. The van der Waals surface area contributed by atoms with Crippen molar-refractivity contribution in [3.05, 3.63) is 92.7 Å². The Hall–Kier alpha value is -2.02. The minimum atomic E-state index is -1.32. The molecule has 1 aliphatic rings. The van der Waals surface area contributed by atoms with E-state index in [1.165, 1.54) is 36.4 Å². The lowest BCUT2D eigenvalue weighted by Gasteiger charge is -2.10. The van der Waals surface area contributed by atoms with Crippen molar-refractivity contribution in [2.24, 2.45) is 5.92 Å². The lowest BCUT2D eigenvalue weighted by molar-refractivity contribution is -0.117. The normalized spacial score (nSPS) is 18.5. The molecular formula is C23H14Cl5FN2O2. The Labute approximate surface area is 213 Å². The van der Waals surface area contributed by atoms with E-state index in [0.717, 1.165) is 0 Å². The fourth-order valence-corrected chi connectivity index (χ4v) is 4.84. The number of carbonyl (C=O) groups excluding carboxylic acids is 2. The molecule has 170 valence electrons. The van der Waals surface area contributed by atoms with E-state index in [4.69, 9.17) is 58.0 Å². The van der Waals surface area contributed by atoms with E-state index in [2.05, 4.69) is 10.6 Å². The molecule has 0 spiro atoms. The van der Waals surface area contributed by atoms with Gasteiger partial charge in [-0.05, 0) is 60.2 Å². The van der Waals surface area contributed by atoms with E-state index in [9.17, 15) is 14.0 Å². The number of nitrogens with one attached hydrogen (secondary N) is 2. The highest BCUT2D eigenvalue weighted by Crippen LogP contribution is 2.65. The van der Waals surface area contributed by atoms with E-state index < -0.39 is 33.8 Å². The Morgan fingerprint density at radius 2 is 1.42 bits per heavy atom. The molecule has 2 N–H and O–H groups in total. The molecule has 1 unspecified atom stereocenters. The standard InChI is InChI=1S/C23H14Cl5FN2O2/c24-16-8-6-14(10-15(16)21(32)30-13-4-2-12(29)3-5-13)31-22(33)20-19(23(20,27)28)11-1-7-17(25)18(26)9-11/h1-10,19-20H,(H,30,32)(H,31,33)/t19?,20-/m0/s1. The van der Waals surface area contributed by atoms with Gasteiger partial charge in [-0.25, -0.2) is 4.39 Å². The van der Waals surface area contributed by atoms with Gasteiger partial charge in [0.2, 0.25) is 5.91 Å². The number of hydrogen-bond donors (Lipinski definition) is 2. The van der Waals surface area contributed by atoms with Gasteiger partial charge in [0.15, 0.2) is 0 Å². The summed E-state index contributed by atoms with van der Waals surface area (Å²) >= 11 is 31.0. The first-order valence-electron chi connectivity index (χ1n) is 9.58. The number of alkyl halides is 2. The predicted octanol–water partition coefficient (Wildman–Crippen LogP) is 7.56. The molecular weight excluding hydrogens is 533 g/mol. The summed E-state index contributed by atoms with van der Waals surface area (Å²) in [6.45, 7) is 0. The summed E-state index contributed by atoms with van der Waals surface area (Å²) < 4.78 is 11.8. The lowest BCUT2D eigenvalue weighted by atomic mass is 10.1. The molecule has 0 saturated heterocycles. The van der Waals surface area contributed by atoms with Crippen LogP contribution in [0.3, 0.4) is 0 Å². The van der Waals surface area contributed by atoms with Gasteiger partial charge >= 0.3 is 0 Å². The SMILES string of the molecule is O=C(Nc1ccc(F)cc1)c1cc(NC(=O)[C@@H]2C(c3ccc(Cl)c(Cl)c3)C2(Cl)Cl)ccc1Cl. The van der Waals surface area contributed by atoms with Gasteiger partial charge in [-0.3, -0.25) is 9.59 Å². The van der Waals surface area contributed by atoms with Crippen LogP contribution in [0, 0.1) is 11.7 Å². The fourth-order valence-electron chi connectivity index (χ4n) is 3.50. The lowest BCUT2D eigenvalue weighted by Crippen LogP contribution is -2.18. The van der Waals surface area contributed by atoms with Gasteiger partial charge in [-0.2, -0.15) is 0 Å². The maximum atomic E-state index is 13.1. The number of halogens is 6. The molecule has 3 aromatic carbocycles. The molecule has 1 fully saturated rings. The maximum Gasteiger partial charge on any atom is 0.257 e. The number of anilines is 2. The summed E-state index contributed by atoms with van der Waals surface area (Å²) in [6.07, 6.45) is 0. The Morgan fingerprint density at radius 1 is 0.788 bits per heavy atom. The number of amides is 2. The first-order valence-corrected chi connectivity index (χ1v) is 11.5. The quantitative estimate of drug-likeness (QED) is 0.325. The van der Waals surface area contributed by atoms with Gasteiger partial charge in [-0.15, -0.1) is 23.2 Å². The highest BCUT2D eigenvalue weighted by Gasteiger charge is 2.67. The Kier molecular flexibility index (Phi) is 6.81. The smallest absolute Gasteiger partial charge is 0.257 e. The Morgan fingerprint density at radius 3 is 2.09 bits per heavy atom. The molecule has 0 aliphatic heterocycles. The van der Waals surface area contributed by atoms with Crippen LogP contribution in [0.15, 0.2) is 60.7 Å². The molecule has 1 aliphatic carbocycles. The van der Waals surface area contributed by atoms with E-state index in [1.54, 1.807) is 24.3 Å². The van der Waals surface area contributed by atoms with E-state index in [1.807, 2.05) is 0 Å². The van der Waals surface area contributed by atoms with E-state index in [-0.39, 0.29) is 10.6 Å². The molecule has 0 radical (unpaired) electrons. The van der Waals surface area contributed by atoms with Crippen molar-refractivity contribution in [2.75, 3.05) is 10.6 Å². The molecule has 1 saturated carbocycles. The van der Waals surface area contributed by atoms with E-state index in [0.29, 0.717) is 27.0 Å². The van der Waals surface area contributed by atoms with Crippen LogP contribution in [0.25, 0.3) is 0 Å². The second-order valence-electron chi connectivity index (χ2n) is 7.45. The van der Waals surface area contributed by atoms with Gasteiger partial charge in [-0.1, -0.05) is 40.9 Å². The van der Waals surface area contributed by atoms with Crippen LogP contribution in [0.1, 0.15) is 21.8 Å². The van der Waals surface area contributed by atoms with Gasteiger partial charge in [0, 0.05) is 17.3 Å². The fraction of sp³-hybridized carbons (Fsp3) is 0.130. The van der Waals surface area contributed by atoms with Crippen molar-refractivity contribution in [3.63, 3.8) is 0 Å². The van der Waals surface area contributed by atoms with Crippen LogP contribution in [-0.4, -0.2) is 16.1 Å². The van der Waals surface area contributed by atoms with Crippen molar-refractivity contribution >= 4 is 81.2 Å². The zero-order valence-electron chi connectivity index (χ0n) is 16.5. The van der Waals surface area contributed by atoms with Crippen LogP contribution >= 0.6 is 58.0 Å². The van der Waals surface area contributed by atoms with Crippen molar-refractivity contribution in [3.8, 4) is 0 Å². The minimum Gasteiger partial charge on any atom is -0.326 e. The van der Waals surface area contributed by atoms with Crippen LogP contribution in [0.2, 0.25) is 15.1 Å². The third kappa shape index (κ3) is 5.08. The number of benzene rings is 3. The Balaban J connectivity index is 1.50. The molecule has 33 heavy (non-hydrogen) atoms.